The number of aliphatic hydroxyl groups is 3. The van der Waals surface area contributed by atoms with E-state index in [2.05, 4.69) is 0 Å². The lowest BCUT2D eigenvalue weighted by molar-refractivity contribution is -0.216. The van der Waals surface area contributed by atoms with Crippen LogP contribution in [0.25, 0.3) is 0 Å². The zero-order valence-corrected chi connectivity index (χ0v) is 12.8. The third kappa shape index (κ3) is 5.43. The summed E-state index contributed by atoms with van der Waals surface area (Å²) in [4.78, 5) is 33.7. The summed E-state index contributed by atoms with van der Waals surface area (Å²) < 4.78 is 9.92. The summed E-state index contributed by atoms with van der Waals surface area (Å²) in [6.45, 7) is 1.81. The Labute approximate surface area is 132 Å². The summed E-state index contributed by atoms with van der Waals surface area (Å²) in [6.07, 6.45) is -7.05. The molecule has 0 fully saturated rings. The van der Waals surface area contributed by atoms with Gasteiger partial charge in [-0.3, -0.25) is 9.59 Å². The predicted molar refractivity (Wildman–Crippen MR) is 73.5 cm³/mol. The number of hydrogen-bond donors (Lipinski definition) is 5. The molecule has 0 aliphatic rings. The first-order valence-electron chi connectivity index (χ1n) is 6.91. The van der Waals surface area contributed by atoms with Gasteiger partial charge in [-0.1, -0.05) is 6.92 Å². The van der Waals surface area contributed by atoms with E-state index in [1.165, 1.54) is 13.8 Å². The lowest BCUT2D eigenvalue weighted by Crippen LogP contribution is -2.60. The molecule has 0 bridgehead atoms. The summed E-state index contributed by atoms with van der Waals surface area (Å²) in [7, 11) is 0. The average Bonchev–Trinajstić information content (AvgIpc) is 2.48. The molecule has 0 unspecified atom stereocenters. The van der Waals surface area contributed by atoms with Gasteiger partial charge < -0.3 is 35.0 Å². The Morgan fingerprint density at radius 3 is 2.04 bits per heavy atom. The first kappa shape index (κ1) is 21.2. The van der Waals surface area contributed by atoms with Gasteiger partial charge in [-0.15, -0.1) is 0 Å². The Hall–Kier alpha value is -1.75. The number of hydrogen-bond acceptors (Lipinski definition) is 8. The van der Waals surface area contributed by atoms with E-state index in [0.717, 1.165) is 0 Å². The van der Waals surface area contributed by atoms with Crippen LogP contribution < -0.4 is 0 Å². The molecule has 0 saturated carbocycles. The minimum Gasteiger partial charge on any atom is -0.481 e. The molecular formula is C13H22O10. The van der Waals surface area contributed by atoms with Crippen molar-refractivity contribution in [3.05, 3.63) is 0 Å². The monoisotopic (exact) mass is 338 g/mol. The van der Waals surface area contributed by atoms with Crippen LogP contribution >= 0.6 is 0 Å². The van der Waals surface area contributed by atoms with Crippen molar-refractivity contribution in [2.75, 3.05) is 13.2 Å². The maximum Gasteiger partial charge on any atom is 0.340 e. The second kappa shape index (κ2) is 9.40. The molecular weight excluding hydrogens is 316 g/mol. The first-order chi connectivity index (χ1) is 10.7. The molecule has 10 nitrogen and oxygen atoms in total. The van der Waals surface area contributed by atoms with E-state index >= 15 is 0 Å². The smallest absolute Gasteiger partial charge is 0.340 e. The van der Waals surface area contributed by atoms with Gasteiger partial charge in [-0.2, -0.15) is 0 Å². The van der Waals surface area contributed by atoms with Gasteiger partial charge in [-0.25, -0.2) is 4.79 Å². The number of carboxylic acids is 2. The van der Waals surface area contributed by atoms with Crippen molar-refractivity contribution in [1.29, 1.82) is 0 Å². The van der Waals surface area contributed by atoms with Crippen molar-refractivity contribution in [3.8, 4) is 0 Å². The Balaban J connectivity index is 5.73. The highest BCUT2D eigenvalue weighted by molar-refractivity contribution is 5.90. The first-order valence-corrected chi connectivity index (χ1v) is 6.91. The summed E-state index contributed by atoms with van der Waals surface area (Å²) in [5.41, 5.74) is -2.21. The topological polar surface area (TPSA) is 171 Å². The molecule has 0 heterocycles. The largest absolute Gasteiger partial charge is 0.481 e. The molecule has 0 amide bonds. The molecule has 4 atom stereocenters. The van der Waals surface area contributed by atoms with Crippen molar-refractivity contribution in [3.63, 3.8) is 0 Å². The normalized spacial score (nSPS) is 17.6. The number of esters is 1. The molecule has 0 aliphatic heterocycles. The number of carboxylic acid groups (broad SMARTS) is 2. The van der Waals surface area contributed by atoms with Gasteiger partial charge >= 0.3 is 17.9 Å². The summed E-state index contributed by atoms with van der Waals surface area (Å²) >= 11 is 0. The van der Waals surface area contributed by atoms with Crippen molar-refractivity contribution in [1.82, 2.24) is 0 Å². The number of carbonyl (C=O) groups is 3. The zero-order valence-electron chi connectivity index (χ0n) is 12.8. The molecule has 10 heteroatoms. The van der Waals surface area contributed by atoms with Gasteiger partial charge in [0.2, 0.25) is 5.60 Å². The van der Waals surface area contributed by atoms with Gasteiger partial charge in [0.25, 0.3) is 0 Å². The average molecular weight is 338 g/mol. The van der Waals surface area contributed by atoms with Crippen LogP contribution in [0.5, 0.6) is 0 Å². The van der Waals surface area contributed by atoms with E-state index in [1.807, 2.05) is 0 Å². The quantitative estimate of drug-likeness (QED) is 0.217. The molecule has 0 aliphatic carbocycles. The molecule has 0 radical (unpaired) electrons. The maximum atomic E-state index is 11.6. The molecule has 0 aromatic rings. The summed E-state index contributed by atoms with van der Waals surface area (Å²) in [5, 5.41) is 46.5. The molecule has 0 rings (SSSR count). The number of rotatable bonds is 11. The molecule has 5 N–H and O–H groups in total. The number of ether oxygens (including phenoxy) is 2. The molecule has 0 saturated heterocycles. The van der Waals surface area contributed by atoms with Crippen molar-refractivity contribution in [2.45, 2.75) is 50.6 Å². The van der Waals surface area contributed by atoms with Crippen LogP contribution in [-0.4, -0.2) is 80.6 Å². The van der Waals surface area contributed by atoms with Crippen LogP contribution in [0.3, 0.4) is 0 Å². The highest BCUT2D eigenvalue weighted by Crippen LogP contribution is 2.28. The lowest BCUT2D eigenvalue weighted by Gasteiger charge is -2.38. The Bertz CT molecular complexity index is 423. The summed E-state index contributed by atoms with van der Waals surface area (Å²) in [5.74, 6) is -4.40. The fourth-order valence-electron chi connectivity index (χ4n) is 2.03. The molecule has 134 valence electrons. The van der Waals surface area contributed by atoms with Gasteiger partial charge in [0.1, 0.15) is 18.6 Å². The van der Waals surface area contributed by atoms with E-state index in [0.29, 0.717) is 0 Å². The van der Waals surface area contributed by atoms with Crippen LogP contribution in [-0.2, 0) is 23.9 Å². The zero-order chi connectivity index (χ0) is 18.2. The summed E-state index contributed by atoms with van der Waals surface area (Å²) in [6, 6.07) is 0. The van der Waals surface area contributed by atoms with Gasteiger partial charge in [0.05, 0.1) is 6.61 Å². The lowest BCUT2D eigenvalue weighted by atomic mass is 9.87. The number of carbonyl (C=O) groups excluding carboxylic acids is 1. The fourth-order valence-corrected chi connectivity index (χ4v) is 2.03. The third-order valence-electron chi connectivity index (χ3n) is 3.19. The minimum absolute atomic E-state index is 0.116. The van der Waals surface area contributed by atoms with E-state index < -0.39 is 54.8 Å². The third-order valence-corrected chi connectivity index (χ3v) is 3.19. The Morgan fingerprint density at radius 1 is 1.13 bits per heavy atom. The van der Waals surface area contributed by atoms with E-state index in [4.69, 9.17) is 19.7 Å². The number of aliphatic hydroxyl groups excluding tert-OH is 3. The molecule has 23 heavy (non-hydrogen) atoms. The van der Waals surface area contributed by atoms with Crippen LogP contribution in [0.2, 0.25) is 0 Å². The minimum atomic E-state index is -2.21. The SMILES string of the molecule is CCO[C@@](CC)(C(=O)O)[C@@H](OC(=O)CC(=O)O)[C@H](O)[C@H](O)CO. The van der Waals surface area contributed by atoms with Gasteiger partial charge in [-0.05, 0) is 13.3 Å². The van der Waals surface area contributed by atoms with Gasteiger partial charge in [0.15, 0.2) is 6.10 Å². The van der Waals surface area contributed by atoms with Crippen LogP contribution in [0, 0.1) is 0 Å². The molecule has 0 aromatic heterocycles. The fraction of sp³-hybridized carbons (Fsp3) is 0.769. The van der Waals surface area contributed by atoms with E-state index in [1.54, 1.807) is 0 Å². The second-order valence-electron chi connectivity index (χ2n) is 4.70. The second-order valence-corrected chi connectivity index (χ2v) is 4.70. The number of aliphatic carboxylic acids is 2. The Kier molecular flexibility index (Phi) is 8.69. The maximum absolute atomic E-state index is 11.6. The molecule has 0 aromatic carbocycles. The predicted octanol–water partition coefficient (Wildman–Crippen LogP) is -1.64. The van der Waals surface area contributed by atoms with Crippen molar-refractivity contribution in [2.24, 2.45) is 0 Å². The van der Waals surface area contributed by atoms with Crippen LogP contribution in [0.15, 0.2) is 0 Å². The Morgan fingerprint density at radius 2 is 1.70 bits per heavy atom. The highest BCUT2D eigenvalue weighted by atomic mass is 16.6. The highest BCUT2D eigenvalue weighted by Gasteiger charge is 2.53. The standard InChI is InChI=1S/C13H22O10/c1-3-13(12(20)21,22-4-2)11(10(19)7(15)6-14)23-9(18)5-8(16)17/h7,10-11,14-15,19H,3-6H2,1-2H3,(H,16,17)(H,20,21)/t7-,10-,11+,13-/m1/s1. The van der Waals surface area contributed by atoms with Gasteiger partial charge in [0, 0.05) is 6.61 Å². The molecule has 0 spiro atoms. The van der Waals surface area contributed by atoms with E-state index in [-0.39, 0.29) is 13.0 Å². The van der Waals surface area contributed by atoms with Crippen LogP contribution in [0.4, 0.5) is 0 Å². The van der Waals surface area contributed by atoms with E-state index in [9.17, 15) is 29.7 Å². The van der Waals surface area contributed by atoms with Crippen molar-refractivity contribution < 1.29 is 49.4 Å². The van der Waals surface area contributed by atoms with Crippen LogP contribution in [0.1, 0.15) is 26.7 Å². The van der Waals surface area contributed by atoms with Crippen molar-refractivity contribution >= 4 is 17.9 Å².